The lowest BCUT2D eigenvalue weighted by Gasteiger charge is -2.36. The first kappa shape index (κ1) is 9.44. The van der Waals surface area contributed by atoms with Crippen molar-refractivity contribution in [2.75, 3.05) is 13.1 Å². The van der Waals surface area contributed by atoms with Gasteiger partial charge in [0.1, 0.15) is 0 Å². The molecule has 1 heterocycles. The summed E-state index contributed by atoms with van der Waals surface area (Å²) in [4.78, 5) is 2.43. The number of nitrogens with zero attached hydrogens (tertiary/aromatic N) is 1. The van der Waals surface area contributed by atoms with Crippen LogP contribution in [0.2, 0.25) is 0 Å². The number of hydrogen-bond acceptors (Lipinski definition) is 3. The van der Waals surface area contributed by atoms with Gasteiger partial charge in [-0.15, -0.1) is 0 Å². The average Bonchev–Trinajstić information content (AvgIpc) is 2.53. The summed E-state index contributed by atoms with van der Waals surface area (Å²) in [6, 6.07) is 0.835. The Hall–Kier alpha value is -0.120. The van der Waals surface area contributed by atoms with Gasteiger partial charge in [0.15, 0.2) is 0 Å². The summed E-state index contributed by atoms with van der Waals surface area (Å²) in [7, 11) is 0. The zero-order chi connectivity index (χ0) is 9.26. The summed E-state index contributed by atoms with van der Waals surface area (Å²) in [6.07, 6.45) is 5.49. The maximum Gasteiger partial charge on any atom is 0.0695 e. The van der Waals surface area contributed by atoms with Crippen LogP contribution in [0.15, 0.2) is 0 Å². The Morgan fingerprint density at radius 3 is 2.31 bits per heavy atom. The second kappa shape index (κ2) is 3.95. The van der Waals surface area contributed by atoms with Gasteiger partial charge in [0.05, 0.1) is 6.10 Å². The molecular weight excluding hydrogens is 164 g/mol. The van der Waals surface area contributed by atoms with E-state index >= 15 is 0 Å². The van der Waals surface area contributed by atoms with Crippen molar-refractivity contribution >= 4 is 0 Å². The standard InChI is InChI=1S/C10H20N2O/c11-8-4-6-12(7-5-8)9-2-1-3-10(9)13/h8-10,13H,1-7,11H2/t9-,10+/m0/s1. The van der Waals surface area contributed by atoms with E-state index < -0.39 is 0 Å². The van der Waals surface area contributed by atoms with Crippen molar-refractivity contribution in [3.8, 4) is 0 Å². The van der Waals surface area contributed by atoms with Crippen LogP contribution in [0.3, 0.4) is 0 Å². The molecule has 2 fully saturated rings. The summed E-state index contributed by atoms with van der Waals surface area (Å²) in [5.74, 6) is 0. The van der Waals surface area contributed by atoms with Gasteiger partial charge in [-0.05, 0) is 32.1 Å². The van der Waals surface area contributed by atoms with Crippen molar-refractivity contribution < 1.29 is 5.11 Å². The van der Waals surface area contributed by atoms with Crippen molar-refractivity contribution in [1.29, 1.82) is 0 Å². The second-order valence-electron chi connectivity index (χ2n) is 4.44. The molecule has 0 radical (unpaired) electrons. The Kier molecular flexibility index (Phi) is 2.86. The van der Waals surface area contributed by atoms with E-state index in [-0.39, 0.29) is 6.10 Å². The van der Waals surface area contributed by atoms with Crippen LogP contribution >= 0.6 is 0 Å². The third kappa shape index (κ3) is 2.03. The van der Waals surface area contributed by atoms with Crippen molar-refractivity contribution in [2.24, 2.45) is 5.73 Å². The largest absolute Gasteiger partial charge is 0.391 e. The fourth-order valence-electron chi connectivity index (χ4n) is 2.60. The van der Waals surface area contributed by atoms with E-state index in [1.54, 1.807) is 0 Å². The number of hydrogen-bond donors (Lipinski definition) is 2. The van der Waals surface area contributed by atoms with E-state index in [1.165, 1.54) is 12.8 Å². The van der Waals surface area contributed by atoms with Crippen LogP contribution in [-0.2, 0) is 0 Å². The number of rotatable bonds is 1. The van der Waals surface area contributed by atoms with Crippen molar-refractivity contribution in [3.63, 3.8) is 0 Å². The Morgan fingerprint density at radius 1 is 1.08 bits per heavy atom. The third-order valence-electron chi connectivity index (χ3n) is 3.49. The van der Waals surface area contributed by atoms with E-state index in [4.69, 9.17) is 5.73 Å². The molecule has 0 aromatic carbocycles. The number of piperidine rings is 1. The normalized spacial score (nSPS) is 38.3. The molecule has 0 bridgehead atoms. The molecule has 13 heavy (non-hydrogen) atoms. The van der Waals surface area contributed by atoms with Crippen LogP contribution in [0.4, 0.5) is 0 Å². The smallest absolute Gasteiger partial charge is 0.0695 e. The van der Waals surface area contributed by atoms with Crippen molar-refractivity contribution in [3.05, 3.63) is 0 Å². The zero-order valence-corrected chi connectivity index (χ0v) is 8.15. The summed E-state index contributed by atoms with van der Waals surface area (Å²) >= 11 is 0. The molecular formula is C10H20N2O. The Bertz CT molecular complexity index is 166. The van der Waals surface area contributed by atoms with Gasteiger partial charge in [-0.25, -0.2) is 0 Å². The highest BCUT2D eigenvalue weighted by Gasteiger charge is 2.32. The molecule has 0 aromatic rings. The highest BCUT2D eigenvalue weighted by molar-refractivity contribution is 4.88. The van der Waals surface area contributed by atoms with Gasteiger partial charge < -0.3 is 10.8 Å². The third-order valence-corrected chi connectivity index (χ3v) is 3.49. The van der Waals surface area contributed by atoms with Crippen LogP contribution in [0, 0.1) is 0 Å². The van der Waals surface area contributed by atoms with E-state index in [0.717, 1.165) is 32.4 Å². The van der Waals surface area contributed by atoms with Gasteiger partial charge in [0.2, 0.25) is 0 Å². The minimum Gasteiger partial charge on any atom is -0.391 e. The lowest BCUT2D eigenvalue weighted by Crippen LogP contribution is -2.47. The van der Waals surface area contributed by atoms with Gasteiger partial charge in [0, 0.05) is 25.2 Å². The first-order valence-corrected chi connectivity index (χ1v) is 5.45. The van der Waals surface area contributed by atoms with Crippen LogP contribution in [0.5, 0.6) is 0 Å². The number of aliphatic hydroxyl groups excluding tert-OH is 1. The fourth-order valence-corrected chi connectivity index (χ4v) is 2.60. The highest BCUT2D eigenvalue weighted by Crippen LogP contribution is 2.26. The zero-order valence-electron chi connectivity index (χ0n) is 8.15. The molecule has 1 saturated heterocycles. The first-order valence-electron chi connectivity index (χ1n) is 5.45. The first-order chi connectivity index (χ1) is 6.27. The number of likely N-dealkylation sites (tertiary alicyclic amines) is 1. The second-order valence-corrected chi connectivity index (χ2v) is 4.44. The molecule has 2 rings (SSSR count). The quantitative estimate of drug-likeness (QED) is 0.617. The molecule has 0 aromatic heterocycles. The molecule has 1 aliphatic heterocycles. The maximum absolute atomic E-state index is 9.73. The van der Waals surface area contributed by atoms with Gasteiger partial charge in [-0.1, -0.05) is 0 Å². The van der Waals surface area contributed by atoms with Gasteiger partial charge >= 0.3 is 0 Å². The van der Waals surface area contributed by atoms with Crippen LogP contribution < -0.4 is 5.73 Å². The lowest BCUT2D eigenvalue weighted by molar-refractivity contribution is 0.0557. The molecule has 76 valence electrons. The monoisotopic (exact) mass is 184 g/mol. The average molecular weight is 184 g/mol. The summed E-state index contributed by atoms with van der Waals surface area (Å²) in [5, 5.41) is 9.73. The molecule has 0 spiro atoms. The van der Waals surface area contributed by atoms with E-state index in [1.807, 2.05) is 0 Å². The van der Waals surface area contributed by atoms with E-state index in [0.29, 0.717) is 12.1 Å². The molecule has 3 N–H and O–H groups in total. The number of aliphatic hydroxyl groups is 1. The Labute approximate surface area is 79.9 Å². The topological polar surface area (TPSA) is 49.5 Å². The van der Waals surface area contributed by atoms with Gasteiger partial charge in [-0.3, -0.25) is 4.90 Å². The minimum atomic E-state index is -0.0747. The van der Waals surface area contributed by atoms with Crippen molar-refractivity contribution in [1.82, 2.24) is 4.90 Å². The molecule has 1 aliphatic carbocycles. The van der Waals surface area contributed by atoms with Crippen molar-refractivity contribution in [2.45, 2.75) is 50.3 Å². The predicted octanol–water partition coefficient (Wildman–Crippen LogP) is 0.323. The molecule has 3 heteroatoms. The molecule has 1 saturated carbocycles. The van der Waals surface area contributed by atoms with E-state index in [2.05, 4.69) is 4.90 Å². The van der Waals surface area contributed by atoms with Crippen LogP contribution in [0.25, 0.3) is 0 Å². The summed E-state index contributed by atoms with van der Waals surface area (Å²) < 4.78 is 0. The van der Waals surface area contributed by atoms with Gasteiger partial charge in [0.25, 0.3) is 0 Å². The molecule has 0 amide bonds. The highest BCUT2D eigenvalue weighted by atomic mass is 16.3. The SMILES string of the molecule is NC1CCN([C@H]2CCC[C@H]2O)CC1. The Morgan fingerprint density at radius 2 is 1.77 bits per heavy atom. The maximum atomic E-state index is 9.73. The molecule has 3 nitrogen and oxygen atoms in total. The van der Waals surface area contributed by atoms with Crippen LogP contribution in [-0.4, -0.2) is 41.3 Å². The van der Waals surface area contributed by atoms with Crippen LogP contribution in [0.1, 0.15) is 32.1 Å². The number of nitrogens with two attached hydrogens (primary N) is 1. The molecule has 2 atom stereocenters. The fraction of sp³-hybridized carbons (Fsp3) is 1.00. The Balaban J connectivity index is 1.86. The summed E-state index contributed by atoms with van der Waals surface area (Å²) in [5.41, 5.74) is 5.84. The van der Waals surface area contributed by atoms with E-state index in [9.17, 15) is 5.11 Å². The lowest BCUT2D eigenvalue weighted by atomic mass is 10.0. The molecule has 2 aliphatic rings. The predicted molar refractivity (Wildman–Crippen MR) is 52.4 cm³/mol. The minimum absolute atomic E-state index is 0.0747. The summed E-state index contributed by atoms with van der Waals surface area (Å²) in [6.45, 7) is 2.17. The van der Waals surface area contributed by atoms with Gasteiger partial charge in [-0.2, -0.15) is 0 Å². The molecule has 0 unspecified atom stereocenters.